The maximum atomic E-state index is 11.7. The predicted octanol–water partition coefficient (Wildman–Crippen LogP) is 2.95. The molecule has 0 saturated heterocycles. The van der Waals surface area contributed by atoms with Crippen LogP contribution in [-0.2, 0) is 6.42 Å². The fraction of sp³-hybridized carbons (Fsp3) is 0.125. The van der Waals surface area contributed by atoms with Gasteiger partial charge in [0.15, 0.2) is 0 Å². The molecule has 19 heavy (non-hydrogen) atoms. The van der Waals surface area contributed by atoms with Gasteiger partial charge >= 0.3 is 0 Å². The van der Waals surface area contributed by atoms with Crippen LogP contribution in [-0.4, -0.2) is 12.1 Å². The zero-order valence-electron chi connectivity index (χ0n) is 10.8. The Hall–Kier alpha value is -2.42. The van der Waals surface area contributed by atoms with Gasteiger partial charge < -0.3 is 0 Å². The number of benzene rings is 2. The Kier molecular flexibility index (Phi) is 4.45. The molecule has 0 aromatic heterocycles. The van der Waals surface area contributed by atoms with Gasteiger partial charge in [0.25, 0.3) is 5.91 Å². The number of nitrogens with zero attached hydrogens (tertiary/aromatic N) is 1. The summed E-state index contributed by atoms with van der Waals surface area (Å²) >= 11 is 0. The van der Waals surface area contributed by atoms with Crippen LogP contribution in [0.15, 0.2) is 59.7 Å². The molecule has 0 aliphatic carbocycles. The lowest BCUT2D eigenvalue weighted by Gasteiger charge is -2.00. The molecule has 3 nitrogen and oxygen atoms in total. The highest BCUT2D eigenvalue weighted by molar-refractivity contribution is 5.94. The van der Waals surface area contributed by atoms with Gasteiger partial charge in [0.1, 0.15) is 0 Å². The van der Waals surface area contributed by atoms with Crippen molar-refractivity contribution in [2.75, 3.05) is 0 Å². The van der Waals surface area contributed by atoms with Crippen molar-refractivity contribution >= 4 is 12.1 Å². The molecule has 2 rings (SSSR count). The lowest BCUT2D eigenvalue weighted by atomic mass is 10.1. The largest absolute Gasteiger partial charge is 0.271 e. The molecule has 2 aromatic carbocycles. The first kappa shape index (κ1) is 13.0. The number of hydrazone groups is 1. The molecule has 0 fully saturated rings. The molecule has 1 amide bonds. The summed E-state index contributed by atoms with van der Waals surface area (Å²) in [5.74, 6) is -0.190. The zero-order valence-corrected chi connectivity index (χ0v) is 10.8. The Balaban J connectivity index is 1.85. The smallest absolute Gasteiger partial charge is 0.267 e. The minimum absolute atomic E-state index is 0.190. The van der Waals surface area contributed by atoms with Crippen LogP contribution in [0.4, 0.5) is 0 Å². The van der Waals surface area contributed by atoms with Gasteiger partial charge in [-0.15, -0.1) is 0 Å². The van der Waals surface area contributed by atoms with E-state index < -0.39 is 0 Å². The molecular formula is C16H16N2O. The maximum Gasteiger partial charge on any atom is 0.271 e. The molecule has 1 N–H and O–H groups in total. The highest BCUT2D eigenvalue weighted by Gasteiger charge is 2.02. The second-order valence-electron chi connectivity index (χ2n) is 4.31. The van der Waals surface area contributed by atoms with Crippen LogP contribution in [0.2, 0.25) is 0 Å². The highest BCUT2D eigenvalue weighted by Crippen LogP contribution is 2.02. The SMILES string of the molecule is Cc1ccc(C(=O)NN=CCc2ccccc2)cc1. The van der Waals surface area contributed by atoms with Crippen LogP contribution in [0.5, 0.6) is 0 Å². The van der Waals surface area contributed by atoms with Gasteiger partial charge in [-0.25, -0.2) is 5.43 Å². The minimum atomic E-state index is -0.190. The highest BCUT2D eigenvalue weighted by atomic mass is 16.2. The number of aryl methyl sites for hydroxylation is 1. The van der Waals surface area contributed by atoms with E-state index in [0.717, 1.165) is 11.1 Å². The summed E-state index contributed by atoms with van der Waals surface area (Å²) in [7, 11) is 0. The van der Waals surface area contributed by atoms with Crippen molar-refractivity contribution in [2.45, 2.75) is 13.3 Å². The fourth-order valence-electron chi connectivity index (χ4n) is 1.64. The van der Waals surface area contributed by atoms with E-state index in [1.54, 1.807) is 18.3 Å². The van der Waals surface area contributed by atoms with Crippen molar-refractivity contribution in [1.29, 1.82) is 0 Å². The molecule has 0 aliphatic heterocycles. The number of rotatable bonds is 4. The molecule has 0 aliphatic rings. The van der Waals surface area contributed by atoms with E-state index in [1.165, 1.54) is 0 Å². The summed E-state index contributed by atoms with van der Waals surface area (Å²) in [6.45, 7) is 1.99. The standard InChI is InChI=1S/C16H16N2O/c1-13-7-9-15(10-8-13)16(19)18-17-12-11-14-5-3-2-4-6-14/h2-10,12H,11H2,1H3,(H,18,19). The number of hydrogen-bond acceptors (Lipinski definition) is 2. The summed E-state index contributed by atoms with van der Waals surface area (Å²) in [4.78, 5) is 11.7. The normalized spacial score (nSPS) is 10.6. The second kappa shape index (κ2) is 6.50. The molecule has 0 unspecified atom stereocenters. The predicted molar refractivity (Wildman–Crippen MR) is 77.3 cm³/mol. The number of hydrogen-bond donors (Lipinski definition) is 1. The number of carbonyl (C=O) groups is 1. The Bertz CT molecular complexity index is 559. The Morgan fingerprint density at radius 2 is 1.79 bits per heavy atom. The Morgan fingerprint density at radius 1 is 1.11 bits per heavy atom. The third-order valence-corrected chi connectivity index (χ3v) is 2.74. The maximum absolute atomic E-state index is 11.7. The molecule has 0 heterocycles. The Morgan fingerprint density at radius 3 is 2.47 bits per heavy atom. The zero-order chi connectivity index (χ0) is 13.5. The summed E-state index contributed by atoms with van der Waals surface area (Å²) in [5, 5.41) is 3.94. The average Bonchev–Trinajstić information content (AvgIpc) is 2.45. The van der Waals surface area contributed by atoms with E-state index >= 15 is 0 Å². The fourth-order valence-corrected chi connectivity index (χ4v) is 1.64. The van der Waals surface area contributed by atoms with Gasteiger partial charge in [-0.2, -0.15) is 5.10 Å². The van der Waals surface area contributed by atoms with Crippen LogP contribution in [0.3, 0.4) is 0 Å². The first-order valence-corrected chi connectivity index (χ1v) is 6.18. The van der Waals surface area contributed by atoms with Crippen LogP contribution < -0.4 is 5.43 Å². The Labute approximate surface area is 113 Å². The van der Waals surface area contributed by atoms with Gasteiger partial charge in [0.05, 0.1) is 0 Å². The first-order valence-electron chi connectivity index (χ1n) is 6.18. The van der Waals surface area contributed by atoms with E-state index in [0.29, 0.717) is 12.0 Å². The minimum Gasteiger partial charge on any atom is -0.267 e. The summed E-state index contributed by atoms with van der Waals surface area (Å²) in [5.41, 5.74) is 5.42. The van der Waals surface area contributed by atoms with Crippen molar-refractivity contribution in [3.8, 4) is 0 Å². The van der Waals surface area contributed by atoms with Gasteiger partial charge in [0, 0.05) is 18.2 Å². The van der Waals surface area contributed by atoms with Crippen molar-refractivity contribution < 1.29 is 4.79 Å². The summed E-state index contributed by atoms with van der Waals surface area (Å²) in [6, 6.07) is 17.4. The number of carbonyl (C=O) groups excluding carboxylic acids is 1. The second-order valence-corrected chi connectivity index (χ2v) is 4.31. The molecule has 0 spiro atoms. The monoisotopic (exact) mass is 252 g/mol. The van der Waals surface area contributed by atoms with E-state index in [9.17, 15) is 4.79 Å². The van der Waals surface area contributed by atoms with Crippen molar-refractivity contribution in [2.24, 2.45) is 5.10 Å². The van der Waals surface area contributed by atoms with Crippen molar-refractivity contribution in [1.82, 2.24) is 5.43 Å². The first-order chi connectivity index (χ1) is 9.25. The van der Waals surface area contributed by atoms with Crippen LogP contribution in [0.25, 0.3) is 0 Å². The molecule has 2 aromatic rings. The van der Waals surface area contributed by atoms with E-state index in [1.807, 2.05) is 49.4 Å². The lowest BCUT2D eigenvalue weighted by molar-refractivity contribution is 0.0955. The van der Waals surface area contributed by atoms with Crippen LogP contribution in [0.1, 0.15) is 21.5 Å². The third-order valence-electron chi connectivity index (χ3n) is 2.74. The van der Waals surface area contributed by atoms with Gasteiger partial charge in [-0.05, 0) is 24.6 Å². The molecule has 0 atom stereocenters. The van der Waals surface area contributed by atoms with Crippen molar-refractivity contribution in [3.05, 3.63) is 71.3 Å². The average molecular weight is 252 g/mol. The number of nitrogens with one attached hydrogen (secondary N) is 1. The molecule has 0 bridgehead atoms. The molecule has 3 heteroatoms. The molecular weight excluding hydrogens is 236 g/mol. The van der Waals surface area contributed by atoms with E-state index in [-0.39, 0.29) is 5.91 Å². The van der Waals surface area contributed by atoms with E-state index in [2.05, 4.69) is 10.5 Å². The van der Waals surface area contributed by atoms with Gasteiger partial charge in [-0.1, -0.05) is 48.0 Å². The summed E-state index contributed by atoms with van der Waals surface area (Å²) in [6.07, 6.45) is 2.40. The topological polar surface area (TPSA) is 41.5 Å². The van der Waals surface area contributed by atoms with Crippen molar-refractivity contribution in [3.63, 3.8) is 0 Å². The van der Waals surface area contributed by atoms with Crippen LogP contribution in [0, 0.1) is 6.92 Å². The van der Waals surface area contributed by atoms with Gasteiger partial charge in [0.2, 0.25) is 0 Å². The van der Waals surface area contributed by atoms with E-state index in [4.69, 9.17) is 0 Å². The third kappa shape index (κ3) is 4.07. The quantitative estimate of drug-likeness (QED) is 0.659. The molecule has 96 valence electrons. The summed E-state index contributed by atoms with van der Waals surface area (Å²) < 4.78 is 0. The van der Waals surface area contributed by atoms with Gasteiger partial charge in [-0.3, -0.25) is 4.79 Å². The van der Waals surface area contributed by atoms with Crippen LogP contribution >= 0.6 is 0 Å². The molecule has 0 radical (unpaired) electrons. The number of amides is 1. The lowest BCUT2D eigenvalue weighted by Crippen LogP contribution is -2.17. The molecule has 0 saturated carbocycles.